The molecule has 1 rings (SSSR count). The maximum absolute atomic E-state index is 11.8. The van der Waals surface area contributed by atoms with E-state index in [9.17, 15) is 17.2 Å². The Hall–Kier alpha value is -0.350. The molecule has 0 amide bonds. The lowest BCUT2D eigenvalue weighted by atomic mass is 10.00. The van der Waals surface area contributed by atoms with Crippen LogP contribution in [0.25, 0.3) is 0 Å². The molecule has 0 unspecified atom stereocenters. The fourth-order valence-corrected chi connectivity index (χ4v) is 3.05. The highest BCUT2D eigenvalue weighted by Crippen LogP contribution is 2.18. The number of alkyl halides is 2. The molecule has 1 aliphatic heterocycles. The Bertz CT molecular complexity index is 345. The molecule has 0 radical (unpaired) electrons. The molecule has 0 aromatic rings. The lowest BCUT2D eigenvalue weighted by Crippen LogP contribution is -2.46. The fourth-order valence-electron chi connectivity index (χ4n) is 1.84. The van der Waals surface area contributed by atoms with E-state index < -0.39 is 23.2 Å². The monoisotopic (exact) mass is 302 g/mol. The van der Waals surface area contributed by atoms with Crippen LogP contribution < -0.4 is 4.72 Å². The van der Waals surface area contributed by atoms with Gasteiger partial charge in [-0.15, -0.1) is 0 Å². The number of aliphatic hydroxyl groups excluding tert-OH is 1. The van der Waals surface area contributed by atoms with Gasteiger partial charge in [0.15, 0.2) is 0 Å². The number of nitrogens with zero attached hydrogens (tertiary/aromatic N) is 1. The second-order valence-corrected chi connectivity index (χ2v) is 6.15. The van der Waals surface area contributed by atoms with E-state index in [0.29, 0.717) is 25.9 Å². The number of hydrogen-bond acceptors (Lipinski definition) is 4. The van der Waals surface area contributed by atoms with Gasteiger partial charge in [-0.1, -0.05) is 0 Å². The van der Waals surface area contributed by atoms with Gasteiger partial charge in [0.1, 0.15) is 6.61 Å². The van der Waals surface area contributed by atoms with E-state index in [0.717, 1.165) is 0 Å². The van der Waals surface area contributed by atoms with Gasteiger partial charge in [-0.2, -0.15) is 17.4 Å². The fraction of sp³-hybridized carbons (Fsp3) is 1.00. The first-order chi connectivity index (χ1) is 8.95. The highest BCUT2D eigenvalue weighted by molar-refractivity contribution is 7.87. The summed E-state index contributed by atoms with van der Waals surface area (Å²) in [5.74, 6) is 0.154. The standard InChI is InChI=1S/C10H20F2N2O4S/c11-10(12)8-18-6-3-13-19(16,17)14-4-1-9(7-15)2-5-14/h9-10,13,15H,1-8H2. The van der Waals surface area contributed by atoms with Crippen molar-refractivity contribution in [1.82, 2.24) is 9.03 Å². The Morgan fingerprint density at radius 2 is 2.00 bits per heavy atom. The third kappa shape index (κ3) is 6.09. The zero-order valence-electron chi connectivity index (χ0n) is 10.6. The van der Waals surface area contributed by atoms with Crippen molar-refractivity contribution in [3.8, 4) is 0 Å². The number of ether oxygens (including phenoxy) is 1. The van der Waals surface area contributed by atoms with Crippen LogP contribution in [0.3, 0.4) is 0 Å². The summed E-state index contributed by atoms with van der Waals surface area (Å²) in [4.78, 5) is 0. The van der Waals surface area contributed by atoms with E-state index in [-0.39, 0.29) is 25.7 Å². The largest absolute Gasteiger partial charge is 0.396 e. The van der Waals surface area contributed by atoms with Crippen molar-refractivity contribution in [3.05, 3.63) is 0 Å². The second-order valence-electron chi connectivity index (χ2n) is 4.39. The van der Waals surface area contributed by atoms with Gasteiger partial charge in [-0.25, -0.2) is 8.78 Å². The lowest BCUT2D eigenvalue weighted by Gasteiger charge is -2.30. The molecule has 9 heteroatoms. The van der Waals surface area contributed by atoms with Crippen LogP contribution in [0.1, 0.15) is 12.8 Å². The molecule has 1 aliphatic rings. The first-order valence-corrected chi connectivity index (χ1v) is 7.61. The van der Waals surface area contributed by atoms with Gasteiger partial charge < -0.3 is 9.84 Å². The van der Waals surface area contributed by atoms with E-state index in [1.807, 2.05) is 0 Å². The normalized spacial score (nSPS) is 19.2. The Balaban J connectivity index is 2.24. The molecule has 1 fully saturated rings. The van der Waals surface area contributed by atoms with E-state index >= 15 is 0 Å². The second kappa shape index (κ2) is 8.05. The Morgan fingerprint density at radius 1 is 1.37 bits per heavy atom. The van der Waals surface area contributed by atoms with Crippen molar-refractivity contribution in [2.75, 3.05) is 39.5 Å². The maximum atomic E-state index is 11.8. The molecule has 1 saturated heterocycles. The molecule has 6 nitrogen and oxygen atoms in total. The number of aliphatic hydroxyl groups is 1. The Labute approximate surface area is 111 Å². The van der Waals surface area contributed by atoms with Crippen molar-refractivity contribution in [2.24, 2.45) is 5.92 Å². The smallest absolute Gasteiger partial charge is 0.279 e. The predicted octanol–water partition coefficient (Wildman–Crippen LogP) is -0.193. The molecular weight excluding hydrogens is 282 g/mol. The third-order valence-electron chi connectivity index (χ3n) is 2.95. The lowest BCUT2D eigenvalue weighted by molar-refractivity contribution is 0.0198. The van der Waals surface area contributed by atoms with Crippen molar-refractivity contribution >= 4 is 10.2 Å². The van der Waals surface area contributed by atoms with Crippen molar-refractivity contribution in [3.63, 3.8) is 0 Å². The minimum atomic E-state index is -3.58. The summed E-state index contributed by atoms with van der Waals surface area (Å²) >= 11 is 0. The van der Waals surface area contributed by atoms with Crippen LogP contribution in [0.15, 0.2) is 0 Å². The predicted molar refractivity (Wildman–Crippen MR) is 65.1 cm³/mol. The molecule has 0 aromatic carbocycles. The summed E-state index contributed by atoms with van der Waals surface area (Å²) in [6.07, 6.45) is -1.30. The number of nitrogens with one attached hydrogen (secondary N) is 1. The van der Waals surface area contributed by atoms with E-state index in [4.69, 9.17) is 5.11 Å². The van der Waals surface area contributed by atoms with Crippen molar-refractivity contribution < 1.29 is 27.0 Å². The first-order valence-electron chi connectivity index (χ1n) is 6.17. The molecule has 0 saturated carbocycles. The SMILES string of the molecule is O=S(=O)(NCCOCC(F)F)N1CCC(CO)CC1. The average Bonchev–Trinajstić information content (AvgIpc) is 2.38. The van der Waals surface area contributed by atoms with Gasteiger partial charge in [-0.05, 0) is 18.8 Å². The number of hydrogen-bond donors (Lipinski definition) is 2. The summed E-state index contributed by atoms with van der Waals surface area (Å²) < 4.78 is 55.4. The first kappa shape index (κ1) is 16.7. The van der Waals surface area contributed by atoms with Gasteiger partial charge in [-0.3, -0.25) is 0 Å². The van der Waals surface area contributed by atoms with Crippen molar-refractivity contribution in [2.45, 2.75) is 19.3 Å². The van der Waals surface area contributed by atoms with Crippen LogP contribution >= 0.6 is 0 Å². The van der Waals surface area contributed by atoms with Gasteiger partial charge in [0, 0.05) is 26.2 Å². The molecule has 0 spiro atoms. The molecule has 19 heavy (non-hydrogen) atoms. The highest BCUT2D eigenvalue weighted by atomic mass is 32.2. The van der Waals surface area contributed by atoms with E-state index in [2.05, 4.69) is 9.46 Å². The summed E-state index contributed by atoms with van der Waals surface area (Å²) in [5, 5.41) is 8.96. The number of halogens is 2. The molecule has 0 bridgehead atoms. The molecule has 114 valence electrons. The van der Waals surface area contributed by atoms with Gasteiger partial charge in [0.25, 0.3) is 16.6 Å². The summed E-state index contributed by atoms with van der Waals surface area (Å²) in [5.41, 5.74) is 0. The summed E-state index contributed by atoms with van der Waals surface area (Å²) in [6.45, 7) is -0.0189. The summed E-state index contributed by atoms with van der Waals surface area (Å²) in [7, 11) is -3.58. The minimum Gasteiger partial charge on any atom is -0.396 e. The summed E-state index contributed by atoms with van der Waals surface area (Å²) in [6, 6.07) is 0. The topological polar surface area (TPSA) is 78.9 Å². The maximum Gasteiger partial charge on any atom is 0.279 e. The zero-order valence-corrected chi connectivity index (χ0v) is 11.4. The van der Waals surface area contributed by atoms with Crippen LogP contribution in [0.5, 0.6) is 0 Å². The molecule has 0 aromatic heterocycles. The van der Waals surface area contributed by atoms with Crippen LogP contribution in [-0.2, 0) is 14.9 Å². The number of piperidine rings is 1. The molecule has 1 heterocycles. The van der Waals surface area contributed by atoms with Crippen molar-refractivity contribution in [1.29, 1.82) is 0 Å². The molecule has 0 atom stereocenters. The molecule has 0 aliphatic carbocycles. The van der Waals surface area contributed by atoms with E-state index in [1.54, 1.807) is 0 Å². The minimum absolute atomic E-state index is 0.0328. The third-order valence-corrected chi connectivity index (χ3v) is 4.56. The van der Waals surface area contributed by atoms with Crippen LogP contribution in [0, 0.1) is 5.92 Å². The quantitative estimate of drug-likeness (QED) is 0.609. The van der Waals surface area contributed by atoms with Gasteiger partial charge in [0.05, 0.1) is 6.61 Å². The van der Waals surface area contributed by atoms with Crippen LogP contribution in [-0.4, -0.2) is 63.7 Å². The average molecular weight is 302 g/mol. The van der Waals surface area contributed by atoms with Crippen LogP contribution in [0.4, 0.5) is 8.78 Å². The highest BCUT2D eigenvalue weighted by Gasteiger charge is 2.27. The number of rotatable bonds is 8. The van der Waals surface area contributed by atoms with Crippen LogP contribution in [0.2, 0.25) is 0 Å². The zero-order chi connectivity index (χ0) is 14.3. The molecular formula is C10H20F2N2O4S. The Kier molecular flexibility index (Phi) is 7.08. The van der Waals surface area contributed by atoms with Gasteiger partial charge >= 0.3 is 0 Å². The molecule has 2 N–H and O–H groups in total. The van der Waals surface area contributed by atoms with E-state index in [1.165, 1.54) is 4.31 Å². The van der Waals surface area contributed by atoms with Gasteiger partial charge in [0.2, 0.25) is 0 Å². The Morgan fingerprint density at radius 3 is 2.53 bits per heavy atom.